The third-order valence-electron chi connectivity index (χ3n) is 6.10. The quantitative estimate of drug-likeness (QED) is 0.372. The lowest BCUT2D eigenvalue weighted by molar-refractivity contribution is -0.137. The molecule has 2 aromatic rings. The molecule has 1 atom stereocenters. The molecule has 192 valence electrons. The Morgan fingerprint density at radius 1 is 1.14 bits per heavy atom. The number of aryl methyl sites for hydroxylation is 1. The molecule has 1 aliphatic heterocycles. The number of hydrogen-bond acceptors (Lipinski definition) is 4. The van der Waals surface area contributed by atoms with E-state index in [1.165, 1.54) is 7.11 Å². The highest BCUT2D eigenvalue weighted by Crippen LogP contribution is 2.40. The number of amides is 1. The molecule has 1 N–H and O–H groups in total. The number of halogens is 5. The second kappa shape index (κ2) is 12.3. The van der Waals surface area contributed by atoms with Crippen LogP contribution in [0.15, 0.2) is 30.3 Å². The first-order chi connectivity index (χ1) is 16.6. The lowest BCUT2D eigenvalue weighted by Gasteiger charge is -2.26. The average Bonchev–Trinajstić information content (AvgIpc) is 2.81. The van der Waals surface area contributed by atoms with Crippen molar-refractivity contribution in [2.24, 2.45) is 0 Å². The molecule has 0 aromatic heterocycles. The van der Waals surface area contributed by atoms with Crippen LogP contribution in [0, 0.1) is 6.92 Å². The Hall–Kier alpha value is -2.00. The van der Waals surface area contributed by atoms with Crippen LogP contribution in [0.25, 0.3) is 0 Å². The number of nitrogens with zero attached hydrogens (tertiary/aromatic N) is 1. The van der Waals surface area contributed by atoms with E-state index in [0.717, 1.165) is 50.2 Å². The van der Waals surface area contributed by atoms with E-state index in [2.05, 4.69) is 10.2 Å². The predicted octanol–water partition coefficient (Wildman–Crippen LogP) is 6.55. The Morgan fingerprint density at radius 3 is 2.49 bits per heavy atom. The fourth-order valence-corrected chi connectivity index (χ4v) is 4.44. The molecule has 1 fully saturated rings. The van der Waals surface area contributed by atoms with Crippen LogP contribution >= 0.6 is 23.2 Å². The molecule has 1 aliphatic rings. The van der Waals surface area contributed by atoms with Crippen molar-refractivity contribution in [3.05, 3.63) is 57.1 Å². The summed E-state index contributed by atoms with van der Waals surface area (Å²) in [4.78, 5) is 15.7. The fraction of sp³-hybridized carbons (Fsp3) is 0.480. The summed E-state index contributed by atoms with van der Waals surface area (Å²) < 4.78 is 51.6. The Morgan fingerprint density at radius 2 is 1.83 bits per heavy atom. The monoisotopic (exact) mass is 532 g/mol. The standard InChI is InChI=1S/C25H29Cl2F3N2O3/c1-16-6-7-17(13-23(16)34-2)18(5-3-4-8-32-9-11-35-12-10-32)24(33)31-22-15-21(27)20(26)14-19(22)25(28,29)30/h6-7,13-15,18H,3-5,8-12H2,1-2H3,(H,31,33). The second-order valence-corrected chi connectivity index (χ2v) is 9.34. The van der Waals surface area contributed by atoms with Crippen molar-refractivity contribution in [3.8, 4) is 5.75 Å². The number of unbranched alkanes of at least 4 members (excludes halogenated alkanes) is 1. The van der Waals surface area contributed by atoms with Gasteiger partial charge in [-0.05, 0) is 55.6 Å². The summed E-state index contributed by atoms with van der Waals surface area (Å²) in [6.45, 7) is 5.91. The maximum absolute atomic E-state index is 13.6. The van der Waals surface area contributed by atoms with E-state index in [9.17, 15) is 18.0 Å². The van der Waals surface area contributed by atoms with Crippen LogP contribution in [-0.4, -0.2) is 50.8 Å². The van der Waals surface area contributed by atoms with E-state index < -0.39 is 29.3 Å². The minimum Gasteiger partial charge on any atom is -0.496 e. The zero-order chi connectivity index (χ0) is 25.6. The summed E-state index contributed by atoms with van der Waals surface area (Å²) >= 11 is 11.8. The van der Waals surface area contributed by atoms with E-state index >= 15 is 0 Å². The first-order valence-electron chi connectivity index (χ1n) is 11.4. The summed E-state index contributed by atoms with van der Waals surface area (Å²) in [5.41, 5.74) is 0.0959. The molecular formula is C25H29Cl2F3N2O3. The number of morpholine rings is 1. The van der Waals surface area contributed by atoms with E-state index in [1.54, 1.807) is 6.07 Å². The number of anilines is 1. The van der Waals surface area contributed by atoms with E-state index in [-0.39, 0.29) is 10.0 Å². The molecular weight excluding hydrogens is 504 g/mol. The molecule has 1 heterocycles. The van der Waals surface area contributed by atoms with Gasteiger partial charge in [-0.3, -0.25) is 9.69 Å². The van der Waals surface area contributed by atoms with Crippen LogP contribution < -0.4 is 10.1 Å². The number of carbonyl (C=O) groups is 1. The van der Waals surface area contributed by atoms with Crippen molar-refractivity contribution in [1.29, 1.82) is 0 Å². The van der Waals surface area contributed by atoms with Gasteiger partial charge in [0.05, 0.1) is 47.5 Å². The summed E-state index contributed by atoms with van der Waals surface area (Å²) in [7, 11) is 1.54. The minimum atomic E-state index is -4.71. The highest BCUT2D eigenvalue weighted by Gasteiger charge is 2.35. The van der Waals surface area contributed by atoms with Crippen LogP contribution in [0.5, 0.6) is 5.75 Å². The van der Waals surface area contributed by atoms with Crippen molar-refractivity contribution in [2.45, 2.75) is 38.3 Å². The van der Waals surface area contributed by atoms with Crippen LogP contribution in [0.2, 0.25) is 10.0 Å². The van der Waals surface area contributed by atoms with Gasteiger partial charge in [-0.15, -0.1) is 0 Å². The van der Waals surface area contributed by atoms with Crippen molar-refractivity contribution < 1.29 is 27.4 Å². The molecule has 0 bridgehead atoms. The van der Waals surface area contributed by atoms with Gasteiger partial charge in [-0.25, -0.2) is 0 Å². The first-order valence-corrected chi connectivity index (χ1v) is 12.2. The highest BCUT2D eigenvalue weighted by molar-refractivity contribution is 6.42. The Bertz CT molecular complexity index is 1030. The Balaban J connectivity index is 1.81. The van der Waals surface area contributed by atoms with E-state index in [0.29, 0.717) is 30.9 Å². The lowest BCUT2D eigenvalue weighted by atomic mass is 9.91. The van der Waals surface area contributed by atoms with Crippen molar-refractivity contribution in [1.82, 2.24) is 4.90 Å². The van der Waals surface area contributed by atoms with E-state index in [4.69, 9.17) is 32.7 Å². The van der Waals surface area contributed by atoms with Crippen LogP contribution in [0.4, 0.5) is 18.9 Å². The third kappa shape index (κ3) is 7.49. The second-order valence-electron chi connectivity index (χ2n) is 8.53. The number of ether oxygens (including phenoxy) is 2. The molecule has 10 heteroatoms. The van der Waals surface area contributed by atoms with Gasteiger partial charge in [0.1, 0.15) is 5.75 Å². The van der Waals surface area contributed by atoms with Crippen molar-refractivity contribution in [3.63, 3.8) is 0 Å². The lowest BCUT2D eigenvalue weighted by Crippen LogP contribution is -2.36. The molecule has 1 unspecified atom stereocenters. The van der Waals surface area contributed by atoms with Gasteiger partial charge >= 0.3 is 6.18 Å². The number of rotatable bonds is 9. The first kappa shape index (κ1) is 27.6. The van der Waals surface area contributed by atoms with Crippen LogP contribution in [-0.2, 0) is 15.7 Å². The fourth-order valence-electron chi connectivity index (χ4n) is 4.12. The zero-order valence-corrected chi connectivity index (χ0v) is 21.2. The smallest absolute Gasteiger partial charge is 0.418 e. The molecule has 0 spiro atoms. The molecule has 0 aliphatic carbocycles. The van der Waals surface area contributed by atoms with Gasteiger partial charge < -0.3 is 14.8 Å². The summed E-state index contributed by atoms with van der Waals surface area (Å²) in [5, 5.41) is 2.15. The summed E-state index contributed by atoms with van der Waals surface area (Å²) in [5.74, 6) is -0.616. The maximum Gasteiger partial charge on any atom is 0.418 e. The number of hydrogen-bond donors (Lipinski definition) is 1. The van der Waals surface area contributed by atoms with Crippen LogP contribution in [0.1, 0.15) is 41.9 Å². The minimum absolute atomic E-state index is 0.0750. The number of methoxy groups -OCH3 is 1. The van der Waals surface area contributed by atoms with Crippen LogP contribution in [0.3, 0.4) is 0 Å². The van der Waals surface area contributed by atoms with Crippen molar-refractivity contribution >= 4 is 34.8 Å². The molecule has 35 heavy (non-hydrogen) atoms. The predicted molar refractivity (Wildman–Crippen MR) is 132 cm³/mol. The molecule has 0 radical (unpaired) electrons. The number of alkyl halides is 3. The maximum atomic E-state index is 13.6. The average molecular weight is 533 g/mol. The molecule has 3 rings (SSSR count). The number of carbonyl (C=O) groups excluding carboxylic acids is 1. The SMILES string of the molecule is COc1cc(C(CCCCN2CCOCC2)C(=O)Nc2cc(Cl)c(Cl)cc2C(F)(F)F)ccc1C. The molecule has 1 saturated heterocycles. The topological polar surface area (TPSA) is 50.8 Å². The third-order valence-corrected chi connectivity index (χ3v) is 6.82. The molecule has 5 nitrogen and oxygen atoms in total. The largest absolute Gasteiger partial charge is 0.496 e. The van der Waals surface area contributed by atoms with Crippen molar-refractivity contribution in [2.75, 3.05) is 45.3 Å². The number of benzene rings is 2. The molecule has 1 amide bonds. The summed E-state index contributed by atoms with van der Waals surface area (Å²) in [6, 6.07) is 7.18. The van der Waals surface area contributed by atoms with Gasteiger partial charge in [0.25, 0.3) is 0 Å². The van der Waals surface area contributed by atoms with Gasteiger partial charge in [-0.1, -0.05) is 41.8 Å². The zero-order valence-electron chi connectivity index (χ0n) is 19.7. The van der Waals surface area contributed by atoms with Gasteiger partial charge in [-0.2, -0.15) is 13.2 Å². The summed E-state index contributed by atoms with van der Waals surface area (Å²) in [6.07, 6.45) is -2.67. The van der Waals surface area contributed by atoms with Gasteiger partial charge in [0.15, 0.2) is 0 Å². The van der Waals surface area contributed by atoms with Gasteiger partial charge in [0.2, 0.25) is 5.91 Å². The highest BCUT2D eigenvalue weighted by atomic mass is 35.5. The van der Waals surface area contributed by atoms with E-state index in [1.807, 2.05) is 19.1 Å². The molecule has 0 saturated carbocycles. The Kier molecular flexibility index (Phi) is 9.69. The molecule has 2 aromatic carbocycles. The number of nitrogens with one attached hydrogen (secondary N) is 1. The Labute approximate surface area is 213 Å². The normalized spacial score (nSPS) is 15.6. The van der Waals surface area contributed by atoms with Gasteiger partial charge in [0, 0.05) is 13.1 Å².